The minimum absolute atomic E-state index is 0.117. The maximum absolute atomic E-state index is 11.7. The lowest BCUT2D eigenvalue weighted by Crippen LogP contribution is -2.27. The first-order valence-electron chi connectivity index (χ1n) is 6.74. The highest BCUT2D eigenvalue weighted by Crippen LogP contribution is 2.37. The molecule has 0 bridgehead atoms. The summed E-state index contributed by atoms with van der Waals surface area (Å²) in [6.45, 7) is 5.47. The maximum atomic E-state index is 11.7. The first-order chi connectivity index (χ1) is 9.17. The third kappa shape index (κ3) is 4.39. The van der Waals surface area contributed by atoms with Crippen molar-refractivity contribution in [2.75, 3.05) is 5.32 Å². The van der Waals surface area contributed by atoms with E-state index in [9.17, 15) is 4.79 Å². The summed E-state index contributed by atoms with van der Waals surface area (Å²) in [6.07, 6.45) is 2.30. The van der Waals surface area contributed by atoms with Crippen molar-refractivity contribution in [1.82, 2.24) is 0 Å². The van der Waals surface area contributed by atoms with Crippen LogP contribution in [0.1, 0.15) is 39.2 Å². The van der Waals surface area contributed by atoms with E-state index in [4.69, 9.17) is 22.1 Å². The van der Waals surface area contributed by atoms with Crippen molar-refractivity contribution < 1.29 is 9.53 Å². The van der Waals surface area contributed by atoms with Crippen LogP contribution in [-0.2, 0) is 11.2 Å². The molecule has 5 heteroatoms. The van der Waals surface area contributed by atoms with Gasteiger partial charge in [-0.25, -0.2) is 4.79 Å². The van der Waals surface area contributed by atoms with Gasteiger partial charge in [-0.1, -0.05) is 11.6 Å². The lowest BCUT2D eigenvalue weighted by molar-refractivity contribution is 0.0636. The van der Waals surface area contributed by atoms with Crippen molar-refractivity contribution in [3.8, 4) is 0 Å². The fraction of sp³-hybridized carbons (Fsp3) is 0.533. The quantitative estimate of drug-likeness (QED) is 0.893. The number of halogens is 1. The van der Waals surface area contributed by atoms with Gasteiger partial charge in [-0.3, -0.25) is 5.32 Å². The van der Waals surface area contributed by atoms with E-state index in [1.54, 1.807) is 12.1 Å². The molecule has 0 radical (unpaired) electrons. The van der Waals surface area contributed by atoms with Crippen LogP contribution in [0.25, 0.3) is 0 Å². The second-order valence-corrected chi connectivity index (χ2v) is 6.88. The minimum atomic E-state index is -0.519. The molecule has 0 aliphatic heterocycles. The predicted octanol–water partition coefficient (Wildman–Crippen LogP) is 3.72. The van der Waals surface area contributed by atoms with E-state index in [-0.39, 0.29) is 5.54 Å². The molecule has 1 amide bonds. The van der Waals surface area contributed by atoms with E-state index >= 15 is 0 Å². The van der Waals surface area contributed by atoms with Crippen LogP contribution in [0.3, 0.4) is 0 Å². The van der Waals surface area contributed by atoms with Crippen LogP contribution in [0.15, 0.2) is 18.2 Å². The molecule has 1 saturated carbocycles. The van der Waals surface area contributed by atoms with Crippen LogP contribution in [-0.4, -0.2) is 17.2 Å². The number of hydrogen-bond acceptors (Lipinski definition) is 3. The summed E-state index contributed by atoms with van der Waals surface area (Å²) in [5, 5.41) is 3.39. The van der Waals surface area contributed by atoms with E-state index in [1.807, 2.05) is 26.8 Å². The molecule has 0 saturated heterocycles. The molecule has 1 aliphatic carbocycles. The molecule has 0 aromatic heterocycles. The Morgan fingerprint density at radius 3 is 2.65 bits per heavy atom. The molecule has 0 atom stereocenters. The van der Waals surface area contributed by atoms with Gasteiger partial charge >= 0.3 is 6.09 Å². The van der Waals surface area contributed by atoms with Gasteiger partial charge in [0, 0.05) is 16.2 Å². The van der Waals surface area contributed by atoms with Gasteiger partial charge in [0.1, 0.15) is 5.60 Å². The lowest BCUT2D eigenvalue weighted by atomic mass is 10.0. The molecule has 1 aliphatic rings. The zero-order valence-electron chi connectivity index (χ0n) is 12.1. The van der Waals surface area contributed by atoms with Gasteiger partial charge in [-0.05, 0) is 63.8 Å². The Balaban J connectivity index is 2.05. The molecule has 0 heterocycles. The van der Waals surface area contributed by atoms with E-state index < -0.39 is 11.7 Å². The number of rotatable bonds is 3. The predicted molar refractivity (Wildman–Crippen MR) is 81.2 cm³/mol. The third-order valence-corrected chi connectivity index (χ3v) is 3.49. The number of hydrogen-bond donors (Lipinski definition) is 2. The molecule has 3 N–H and O–H groups in total. The second kappa shape index (κ2) is 5.26. The molecular formula is C15H21ClN2O2. The largest absolute Gasteiger partial charge is 0.444 e. The van der Waals surface area contributed by atoms with Crippen LogP contribution in [0.5, 0.6) is 0 Å². The van der Waals surface area contributed by atoms with Gasteiger partial charge in [-0.2, -0.15) is 0 Å². The highest BCUT2D eigenvalue weighted by molar-refractivity contribution is 6.31. The van der Waals surface area contributed by atoms with Gasteiger partial charge in [-0.15, -0.1) is 0 Å². The fourth-order valence-corrected chi connectivity index (χ4v) is 2.11. The maximum Gasteiger partial charge on any atom is 0.412 e. The smallest absolute Gasteiger partial charge is 0.412 e. The zero-order valence-corrected chi connectivity index (χ0v) is 12.9. The molecule has 2 rings (SSSR count). The van der Waals surface area contributed by atoms with Crippen molar-refractivity contribution in [3.63, 3.8) is 0 Å². The highest BCUT2D eigenvalue weighted by atomic mass is 35.5. The van der Waals surface area contributed by atoms with E-state index in [1.165, 1.54) is 0 Å². The lowest BCUT2D eigenvalue weighted by Gasteiger charge is -2.20. The molecule has 20 heavy (non-hydrogen) atoms. The Kier molecular flexibility index (Phi) is 3.98. The molecule has 0 spiro atoms. The number of ether oxygens (including phenoxy) is 1. The van der Waals surface area contributed by atoms with E-state index in [2.05, 4.69) is 5.32 Å². The molecule has 1 aromatic rings. The van der Waals surface area contributed by atoms with Crippen LogP contribution in [0, 0.1) is 0 Å². The molecule has 0 unspecified atom stereocenters. The van der Waals surface area contributed by atoms with Crippen molar-refractivity contribution >= 4 is 23.4 Å². The zero-order chi connectivity index (χ0) is 15.0. The molecule has 110 valence electrons. The molecule has 1 aromatic carbocycles. The number of nitrogens with two attached hydrogens (primary N) is 1. The highest BCUT2D eigenvalue weighted by Gasteiger charge is 2.38. The fourth-order valence-electron chi connectivity index (χ4n) is 1.93. The second-order valence-electron chi connectivity index (χ2n) is 6.47. The van der Waals surface area contributed by atoms with Gasteiger partial charge in [0.15, 0.2) is 0 Å². The average molecular weight is 297 g/mol. The normalized spacial score (nSPS) is 16.6. The summed E-state index contributed by atoms with van der Waals surface area (Å²) in [4.78, 5) is 11.7. The summed E-state index contributed by atoms with van der Waals surface area (Å²) in [5.74, 6) is 0. The van der Waals surface area contributed by atoms with Crippen LogP contribution in [0.4, 0.5) is 10.5 Å². The third-order valence-electron chi connectivity index (χ3n) is 3.13. The van der Waals surface area contributed by atoms with Crippen molar-refractivity contribution in [2.24, 2.45) is 5.73 Å². The summed E-state index contributed by atoms with van der Waals surface area (Å²) in [5.41, 5.74) is 7.10. The number of carbonyl (C=O) groups excluding carboxylic acids is 1. The van der Waals surface area contributed by atoms with Crippen LogP contribution < -0.4 is 11.1 Å². The topological polar surface area (TPSA) is 64.3 Å². The summed E-state index contributed by atoms with van der Waals surface area (Å²) in [7, 11) is 0. The number of anilines is 1. The summed E-state index contributed by atoms with van der Waals surface area (Å²) in [6, 6.07) is 5.39. The SMILES string of the molecule is CC(C)(C)OC(=O)Nc1ccc(Cl)c(CC2(N)CC2)c1. The van der Waals surface area contributed by atoms with Gasteiger partial charge in [0.05, 0.1) is 0 Å². The molecule has 4 nitrogen and oxygen atoms in total. The van der Waals surface area contributed by atoms with Gasteiger partial charge in [0.2, 0.25) is 0 Å². The van der Waals surface area contributed by atoms with Gasteiger partial charge < -0.3 is 10.5 Å². The average Bonchev–Trinajstić information content (AvgIpc) is 2.98. The Morgan fingerprint density at radius 2 is 2.10 bits per heavy atom. The first-order valence-corrected chi connectivity index (χ1v) is 7.12. The van der Waals surface area contributed by atoms with Crippen LogP contribution >= 0.6 is 11.6 Å². The van der Waals surface area contributed by atoms with E-state index in [0.717, 1.165) is 24.8 Å². The summed E-state index contributed by atoms with van der Waals surface area (Å²) < 4.78 is 5.22. The van der Waals surface area contributed by atoms with Crippen molar-refractivity contribution in [2.45, 2.75) is 51.2 Å². The number of nitrogens with one attached hydrogen (secondary N) is 1. The molecular weight excluding hydrogens is 276 g/mol. The van der Waals surface area contributed by atoms with Crippen molar-refractivity contribution in [1.29, 1.82) is 0 Å². The first kappa shape index (κ1) is 15.1. The van der Waals surface area contributed by atoms with Crippen molar-refractivity contribution in [3.05, 3.63) is 28.8 Å². The Morgan fingerprint density at radius 1 is 1.45 bits per heavy atom. The number of amides is 1. The Labute approximate surface area is 124 Å². The number of benzene rings is 1. The van der Waals surface area contributed by atoms with Crippen LogP contribution in [0.2, 0.25) is 5.02 Å². The Bertz CT molecular complexity index is 519. The van der Waals surface area contributed by atoms with E-state index in [0.29, 0.717) is 10.7 Å². The number of carbonyl (C=O) groups is 1. The monoisotopic (exact) mass is 296 g/mol. The molecule has 1 fully saturated rings. The summed E-state index contributed by atoms with van der Waals surface area (Å²) >= 11 is 6.17. The Hall–Kier alpha value is -1.26. The standard InChI is InChI=1S/C15H21ClN2O2/c1-14(2,3)20-13(19)18-11-4-5-12(16)10(8-11)9-15(17)6-7-15/h4-5,8H,6-7,9,17H2,1-3H3,(H,18,19). The van der Waals surface area contributed by atoms with Gasteiger partial charge in [0.25, 0.3) is 0 Å². The minimum Gasteiger partial charge on any atom is -0.444 e.